The Bertz CT molecular complexity index is 1010. The molecule has 6 heteroatoms. The molecule has 0 fully saturated rings. The summed E-state index contributed by atoms with van der Waals surface area (Å²) in [5.41, 5.74) is 2.51. The highest BCUT2D eigenvalue weighted by Gasteiger charge is 2.19. The van der Waals surface area contributed by atoms with Crippen molar-refractivity contribution < 1.29 is 17.9 Å². The molecule has 1 amide bonds. The third-order valence-corrected chi connectivity index (χ3v) is 6.43. The molecular weight excluding hydrogens is 398 g/mol. The second-order valence-electron chi connectivity index (χ2n) is 6.97. The van der Waals surface area contributed by atoms with Crippen molar-refractivity contribution in [2.24, 2.45) is 0 Å². The normalized spacial score (nSPS) is 11.2. The van der Waals surface area contributed by atoms with Crippen molar-refractivity contribution in [2.75, 3.05) is 19.5 Å². The monoisotopic (exact) mass is 423 g/mol. The Morgan fingerprint density at radius 3 is 1.77 bits per heavy atom. The molecule has 0 radical (unpaired) electrons. The van der Waals surface area contributed by atoms with Crippen LogP contribution in [0.15, 0.2) is 89.8 Å². The SMILES string of the molecule is COCCS(=O)(=O)c1ccc(C(=O)N(Cc2ccccc2)Cc2ccccc2)cc1. The summed E-state index contributed by atoms with van der Waals surface area (Å²) in [4.78, 5) is 15.2. The predicted molar refractivity (Wildman–Crippen MR) is 117 cm³/mol. The lowest BCUT2D eigenvalue weighted by atomic mass is 10.1. The Kier molecular flexibility index (Phi) is 7.38. The number of rotatable bonds is 9. The van der Waals surface area contributed by atoms with Gasteiger partial charge in [0.2, 0.25) is 0 Å². The van der Waals surface area contributed by atoms with E-state index < -0.39 is 9.84 Å². The zero-order valence-electron chi connectivity index (χ0n) is 16.9. The fraction of sp³-hybridized carbons (Fsp3) is 0.208. The predicted octanol–water partition coefficient (Wildman–Crippen LogP) is 3.95. The third kappa shape index (κ3) is 5.78. The van der Waals surface area contributed by atoms with Crippen LogP contribution in [-0.4, -0.2) is 38.7 Å². The standard InChI is InChI=1S/C24H25NO4S/c1-29-16-17-30(27,28)23-14-12-22(13-15-23)24(26)25(18-20-8-4-2-5-9-20)19-21-10-6-3-7-11-21/h2-15H,16-19H2,1H3. The van der Waals surface area contributed by atoms with E-state index in [0.29, 0.717) is 18.7 Å². The van der Waals surface area contributed by atoms with Gasteiger partial charge >= 0.3 is 0 Å². The molecule has 0 atom stereocenters. The first-order chi connectivity index (χ1) is 14.5. The fourth-order valence-electron chi connectivity index (χ4n) is 3.11. The lowest BCUT2D eigenvalue weighted by molar-refractivity contribution is 0.0730. The lowest BCUT2D eigenvalue weighted by Gasteiger charge is -2.23. The zero-order chi connectivity index (χ0) is 21.4. The maximum Gasteiger partial charge on any atom is 0.254 e. The average Bonchev–Trinajstić information content (AvgIpc) is 2.78. The van der Waals surface area contributed by atoms with Crippen LogP contribution in [-0.2, 0) is 27.7 Å². The van der Waals surface area contributed by atoms with Crippen LogP contribution in [0.5, 0.6) is 0 Å². The highest BCUT2D eigenvalue weighted by atomic mass is 32.2. The van der Waals surface area contributed by atoms with Crippen molar-refractivity contribution in [1.82, 2.24) is 4.90 Å². The van der Waals surface area contributed by atoms with Gasteiger partial charge in [0, 0.05) is 25.8 Å². The summed E-state index contributed by atoms with van der Waals surface area (Å²) in [6, 6.07) is 25.7. The van der Waals surface area contributed by atoms with Crippen molar-refractivity contribution in [2.45, 2.75) is 18.0 Å². The summed E-state index contributed by atoms with van der Waals surface area (Å²) < 4.78 is 29.5. The first kappa shape index (κ1) is 21.7. The highest BCUT2D eigenvalue weighted by Crippen LogP contribution is 2.17. The number of amides is 1. The Hall–Kier alpha value is -2.96. The zero-order valence-corrected chi connectivity index (χ0v) is 17.7. The van der Waals surface area contributed by atoms with Crippen molar-refractivity contribution in [1.29, 1.82) is 0 Å². The Balaban J connectivity index is 1.83. The number of hydrogen-bond acceptors (Lipinski definition) is 4. The Morgan fingerprint density at radius 2 is 1.30 bits per heavy atom. The van der Waals surface area contributed by atoms with Crippen molar-refractivity contribution in [3.63, 3.8) is 0 Å². The first-order valence-corrected chi connectivity index (χ1v) is 11.3. The van der Waals surface area contributed by atoms with Gasteiger partial charge in [0.15, 0.2) is 9.84 Å². The van der Waals surface area contributed by atoms with Crippen LogP contribution in [0, 0.1) is 0 Å². The van der Waals surface area contributed by atoms with Crippen LogP contribution in [0.1, 0.15) is 21.5 Å². The molecule has 30 heavy (non-hydrogen) atoms. The lowest BCUT2D eigenvalue weighted by Crippen LogP contribution is -2.30. The maximum absolute atomic E-state index is 13.2. The molecule has 0 unspecified atom stereocenters. The number of sulfone groups is 1. The summed E-state index contributed by atoms with van der Waals surface area (Å²) in [6.07, 6.45) is 0. The van der Waals surface area contributed by atoms with E-state index in [1.807, 2.05) is 60.7 Å². The van der Waals surface area contributed by atoms with Crippen LogP contribution in [0.25, 0.3) is 0 Å². The van der Waals surface area contributed by atoms with E-state index in [2.05, 4.69) is 0 Å². The highest BCUT2D eigenvalue weighted by molar-refractivity contribution is 7.91. The summed E-state index contributed by atoms with van der Waals surface area (Å²) >= 11 is 0. The van der Waals surface area contributed by atoms with E-state index >= 15 is 0 Å². The quantitative estimate of drug-likeness (QED) is 0.523. The average molecular weight is 424 g/mol. The minimum absolute atomic E-state index is 0.0923. The van der Waals surface area contributed by atoms with Crippen molar-refractivity contribution in [3.8, 4) is 0 Å². The number of ether oxygens (including phenoxy) is 1. The molecule has 0 bridgehead atoms. The smallest absolute Gasteiger partial charge is 0.254 e. The molecule has 0 aliphatic carbocycles. The molecule has 156 valence electrons. The second-order valence-corrected chi connectivity index (χ2v) is 9.08. The van der Waals surface area contributed by atoms with E-state index in [1.165, 1.54) is 19.2 Å². The van der Waals surface area contributed by atoms with Gasteiger partial charge in [0.25, 0.3) is 5.91 Å². The van der Waals surface area contributed by atoms with E-state index in [1.54, 1.807) is 17.0 Å². The number of carbonyl (C=O) groups is 1. The third-order valence-electron chi connectivity index (χ3n) is 4.74. The van der Waals surface area contributed by atoms with Crippen molar-refractivity contribution in [3.05, 3.63) is 102 Å². The topological polar surface area (TPSA) is 63.7 Å². The molecule has 0 heterocycles. The fourth-order valence-corrected chi connectivity index (χ4v) is 4.28. The summed E-state index contributed by atoms with van der Waals surface area (Å²) in [7, 11) is -1.97. The minimum Gasteiger partial charge on any atom is -0.384 e. The van der Waals surface area contributed by atoms with Crippen LogP contribution in [0.4, 0.5) is 0 Å². The van der Waals surface area contributed by atoms with Gasteiger partial charge in [-0.25, -0.2) is 8.42 Å². The van der Waals surface area contributed by atoms with Gasteiger partial charge in [-0.05, 0) is 35.4 Å². The molecule has 0 aliphatic rings. The Labute approximate surface area is 177 Å². The molecule has 3 aromatic rings. The maximum atomic E-state index is 13.2. The van der Waals surface area contributed by atoms with E-state index in [9.17, 15) is 13.2 Å². The summed E-state index contributed by atoms with van der Waals surface area (Å²) in [5.74, 6) is -0.242. The molecule has 3 aromatic carbocycles. The molecule has 0 saturated carbocycles. The minimum atomic E-state index is -3.43. The van der Waals surface area contributed by atoms with Crippen LogP contribution >= 0.6 is 0 Å². The largest absolute Gasteiger partial charge is 0.384 e. The molecule has 3 rings (SSSR count). The van der Waals surface area contributed by atoms with Crippen LogP contribution in [0.3, 0.4) is 0 Å². The molecule has 0 N–H and O–H groups in total. The first-order valence-electron chi connectivity index (χ1n) is 9.68. The number of benzene rings is 3. The molecular formula is C24H25NO4S. The van der Waals surface area contributed by atoms with Gasteiger partial charge in [-0.15, -0.1) is 0 Å². The summed E-state index contributed by atoms with van der Waals surface area (Å²) in [6.45, 7) is 1.05. The number of nitrogens with zero attached hydrogens (tertiary/aromatic N) is 1. The Morgan fingerprint density at radius 1 is 0.800 bits per heavy atom. The van der Waals surface area contributed by atoms with Gasteiger partial charge in [-0.2, -0.15) is 0 Å². The van der Waals surface area contributed by atoms with Crippen LogP contribution in [0.2, 0.25) is 0 Å². The van der Waals surface area contributed by atoms with E-state index in [-0.39, 0.29) is 23.2 Å². The second kappa shape index (κ2) is 10.2. The van der Waals surface area contributed by atoms with Crippen LogP contribution < -0.4 is 0 Å². The van der Waals surface area contributed by atoms with Gasteiger partial charge in [-0.1, -0.05) is 60.7 Å². The van der Waals surface area contributed by atoms with Gasteiger partial charge in [0.1, 0.15) is 0 Å². The molecule has 0 saturated heterocycles. The van der Waals surface area contributed by atoms with E-state index in [0.717, 1.165) is 11.1 Å². The molecule has 0 spiro atoms. The summed E-state index contributed by atoms with van der Waals surface area (Å²) in [5, 5.41) is 0. The molecule has 5 nitrogen and oxygen atoms in total. The van der Waals surface area contributed by atoms with Gasteiger partial charge in [-0.3, -0.25) is 4.79 Å². The number of methoxy groups -OCH3 is 1. The van der Waals surface area contributed by atoms with Gasteiger partial charge in [0.05, 0.1) is 17.3 Å². The van der Waals surface area contributed by atoms with Crippen molar-refractivity contribution >= 4 is 15.7 Å². The number of carbonyl (C=O) groups excluding carboxylic acids is 1. The number of hydrogen-bond donors (Lipinski definition) is 0. The molecule has 0 aromatic heterocycles. The molecule has 0 aliphatic heterocycles. The van der Waals surface area contributed by atoms with Gasteiger partial charge < -0.3 is 9.64 Å². The van der Waals surface area contributed by atoms with E-state index in [4.69, 9.17) is 4.74 Å².